The third-order valence-corrected chi connectivity index (χ3v) is 6.87. The number of fused-ring (bicyclic) bond motifs is 2. The highest BCUT2D eigenvalue weighted by Gasteiger charge is 2.21. The van der Waals surface area contributed by atoms with Gasteiger partial charge in [0.15, 0.2) is 0 Å². The Morgan fingerprint density at radius 3 is 2.72 bits per heavy atom. The maximum absolute atomic E-state index is 13.2. The van der Waals surface area contributed by atoms with Gasteiger partial charge in [-0.2, -0.15) is 0 Å². The molecule has 6 heteroatoms. The highest BCUT2D eigenvalue weighted by molar-refractivity contribution is 7.91. The molecular weight excluding hydrogens is 384 g/mol. The molecule has 0 bridgehead atoms. The fraction of sp³-hybridized carbons (Fsp3) is 0.0870. The van der Waals surface area contributed by atoms with Gasteiger partial charge in [0.05, 0.1) is 9.79 Å². The maximum atomic E-state index is 13.2. The summed E-state index contributed by atoms with van der Waals surface area (Å²) in [5.41, 5.74) is 2.11. The van der Waals surface area contributed by atoms with Crippen LogP contribution in [0.25, 0.3) is 10.8 Å². The summed E-state index contributed by atoms with van der Waals surface area (Å²) in [6, 6.07) is 14.4. The smallest absolute Gasteiger partial charge is 0.208 e. The number of hydrogen-bond acceptors (Lipinski definition) is 5. The van der Waals surface area contributed by atoms with Gasteiger partial charge in [-0.3, -0.25) is 4.98 Å². The summed E-state index contributed by atoms with van der Waals surface area (Å²) in [6.45, 7) is 1.24. The number of pyridine rings is 1. The van der Waals surface area contributed by atoms with Crippen LogP contribution in [-0.4, -0.2) is 24.9 Å². The fourth-order valence-corrected chi connectivity index (χ4v) is 4.97. The van der Waals surface area contributed by atoms with Gasteiger partial charge in [0.2, 0.25) is 9.84 Å². The zero-order valence-corrected chi connectivity index (χ0v) is 16.3. The highest BCUT2D eigenvalue weighted by atomic mass is 32.2. The Balaban J connectivity index is 1.42. The molecular formula is C23H18N2O3S. The van der Waals surface area contributed by atoms with Crippen molar-refractivity contribution in [3.05, 3.63) is 102 Å². The quantitative estimate of drug-likeness (QED) is 0.655. The Bertz CT molecular complexity index is 1280. The van der Waals surface area contributed by atoms with E-state index in [1.807, 2.05) is 65.9 Å². The summed E-state index contributed by atoms with van der Waals surface area (Å²) in [6.07, 6.45) is 11.1. The second kappa shape index (κ2) is 6.90. The van der Waals surface area contributed by atoms with Crippen LogP contribution in [0, 0.1) is 0 Å². The maximum Gasteiger partial charge on any atom is 0.208 e. The van der Waals surface area contributed by atoms with Crippen molar-refractivity contribution in [3.63, 3.8) is 0 Å². The topological polar surface area (TPSA) is 59.5 Å². The van der Waals surface area contributed by atoms with E-state index in [0.717, 1.165) is 22.3 Å². The second-order valence-corrected chi connectivity index (χ2v) is 8.88. The predicted molar refractivity (Wildman–Crippen MR) is 110 cm³/mol. The SMILES string of the molecule is O=S(=O)(c1ccc(CN2C=CC3=CCOC3=C2)cc1)c1cncc2ccccc12. The van der Waals surface area contributed by atoms with Crippen molar-refractivity contribution in [1.29, 1.82) is 0 Å². The molecule has 3 aromatic rings. The van der Waals surface area contributed by atoms with E-state index in [1.165, 1.54) is 6.20 Å². The van der Waals surface area contributed by atoms with Crippen LogP contribution in [0.4, 0.5) is 0 Å². The van der Waals surface area contributed by atoms with Crippen LogP contribution in [0.15, 0.2) is 107 Å². The molecule has 5 nitrogen and oxygen atoms in total. The zero-order chi connectivity index (χ0) is 19.8. The molecule has 0 radical (unpaired) electrons. The average Bonchev–Trinajstić information content (AvgIpc) is 3.21. The molecule has 0 spiro atoms. The van der Waals surface area contributed by atoms with Crippen LogP contribution in [0.3, 0.4) is 0 Å². The van der Waals surface area contributed by atoms with Crippen molar-refractivity contribution in [2.24, 2.45) is 0 Å². The van der Waals surface area contributed by atoms with Gasteiger partial charge in [-0.1, -0.05) is 36.4 Å². The number of sulfone groups is 1. The van der Waals surface area contributed by atoms with E-state index in [9.17, 15) is 8.42 Å². The Morgan fingerprint density at radius 2 is 1.86 bits per heavy atom. The molecule has 2 aliphatic rings. The largest absolute Gasteiger partial charge is 0.487 e. The number of hydrogen-bond donors (Lipinski definition) is 0. The van der Waals surface area contributed by atoms with Gasteiger partial charge >= 0.3 is 0 Å². The number of ether oxygens (including phenoxy) is 1. The van der Waals surface area contributed by atoms with Gasteiger partial charge < -0.3 is 9.64 Å². The molecule has 0 atom stereocenters. The summed E-state index contributed by atoms with van der Waals surface area (Å²) in [5, 5.41) is 1.48. The monoisotopic (exact) mass is 402 g/mol. The molecule has 2 aromatic carbocycles. The van der Waals surface area contributed by atoms with Crippen molar-refractivity contribution in [1.82, 2.24) is 9.88 Å². The second-order valence-electron chi connectivity index (χ2n) is 6.96. The molecule has 0 saturated carbocycles. The summed E-state index contributed by atoms with van der Waals surface area (Å²) >= 11 is 0. The van der Waals surface area contributed by atoms with Crippen molar-refractivity contribution in [2.75, 3.05) is 6.61 Å². The Kier molecular flexibility index (Phi) is 4.21. The van der Waals surface area contributed by atoms with Crippen molar-refractivity contribution >= 4 is 20.6 Å². The van der Waals surface area contributed by atoms with Crippen molar-refractivity contribution in [2.45, 2.75) is 16.3 Å². The number of rotatable bonds is 4. The molecule has 0 unspecified atom stereocenters. The zero-order valence-electron chi connectivity index (χ0n) is 15.5. The lowest BCUT2D eigenvalue weighted by Crippen LogP contribution is -2.13. The normalized spacial score (nSPS) is 15.7. The molecule has 0 aliphatic carbocycles. The number of aromatic nitrogens is 1. The lowest BCUT2D eigenvalue weighted by atomic mass is 10.1. The molecule has 0 fully saturated rings. The summed E-state index contributed by atoms with van der Waals surface area (Å²) in [7, 11) is -3.66. The molecule has 0 amide bonds. The van der Waals surface area contributed by atoms with E-state index >= 15 is 0 Å². The Morgan fingerprint density at radius 1 is 1.03 bits per heavy atom. The summed E-state index contributed by atoms with van der Waals surface area (Å²) < 4.78 is 31.9. The number of nitrogens with zero attached hydrogens (tertiary/aromatic N) is 2. The van der Waals surface area contributed by atoms with E-state index in [0.29, 0.717) is 18.5 Å². The van der Waals surface area contributed by atoms with Gasteiger partial charge in [0, 0.05) is 47.7 Å². The average molecular weight is 402 g/mol. The van der Waals surface area contributed by atoms with Crippen LogP contribution in [0.2, 0.25) is 0 Å². The lowest BCUT2D eigenvalue weighted by Gasteiger charge is -2.20. The van der Waals surface area contributed by atoms with Gasteiger partial charge in [-0.15, -0.1) is 0 Å². The molecule has 29 heavy (non-hydrogen) atoms. The van der Waals surface area contributed by atoms with Crippen LogP contribution in [0.5, 0.6) is 0 Å². The molecule has 3 heterocycles. The van der Waals surface area contributed by atoms with Gasteiger partial charge in [-0.05, 0) is 29.8 Å². The van der Waals surface area contributed by atoms with Crippen molar-refractivity contribution in [3.8, 4) is 0 Å². The number of benzene rings is 2. The van der Waals surface area contributed by atoms with Crippen LogP contribution in [0.1, 0.15) is 5.56 Å². The van der Waals surface area contributed by atoms with E-state index < -0.39 is 9.84 Å². The van der Waals surface area contributed by atoms with Gasteiger partial charge in [-0.25, -0.2) is 8.42 Å². The molecule has 2 aliphatic heterocycles. The molecule has 5 rings (SSSR count). The Labute approximate surface area is 169 Å². The minimum Gasteiger partial charge on any atom is -0.487 e. The minimum absolute atomic E-state index is 0.227. The van der Waals surface area contributed by atoms with E-state index in [4.69, 9.17) is 4.74 Å². The third kappa shape index (κ3) is 3.21. The molecule has 0 N–H and O–H groups in total. The van der Waals surface area contributed by atoms with Gasteiger partial charge in [0.1, 0.15) is 12.4 Å². The first-order valence-corrected chi connectivity index (χ1v) is 10.8. The Hall–Kier alpha value is -3.38. The lowest BCUT2D eigenvalue weighted by molar-refractivity contribution is 0.265. The first-order chi connectivity index (χ1) is 14.1. The summed E-state index contributed by atoms with van der Waals surface area (Å²) in [4.78, 5) is 6.62. The first-order valence-electron chi connectivity index (χ1n) is 9.27. The highest BCUT2D eigenvalue weighted by Crippen LogP contribution is 2.28. The van der Waals surface area contributed by atoms with Crippen molar-refractivity contribution < 1.29 is 13.2 Å². The van der Waals surface area contributed by atoms with E-state index in [1.54, 1.807) is 18.3 Å². The van der Waals surface area contributed by atoms with Gasteiger partial charge in [0.25, 0.3) is 0 Å². The molecule has 144 valence electrons. The van der Waals surface area contributed by atoms with E-state index in [2.05, 4.69) is 4.98 Å². The predicted octanol–water partition coefficient (Wildman–Crippen LogP) is 4.19. The standard InChI is InChI=1S/C23H18N2O3S/c26-29(27,23-14-24-13-19-3-1-2-4-21(19)23)20-7-5-17(6-8-20)15-25-11-9-18-10-12-28-22(18)16-25/h1-11,13-14,16H,12,15H2. The summed E-state index contributed by atoms with van der Waals surface area (Å²) in [5.74, 6) is 0.871. The van der Waals surface area contributed by atoms with Crippen LogP contribution in [-0.2, 0) is 21.1 Å². The third-order valence-electron chi connectivity index (χ3n) is 5.08. The molecule has 1 aromatic heterocycles. The fourth-order valence-electron chi connectivity index (χ4n) is 3.55. The van der Waals surface area contributed by atoms with Crippen LogP contribution < -0.4 is 0 Å². The molecule has 0 saturated heterocycles. The minimum atomic E-state index is -3.66. The van der Waals surface area contributed by atoms with E-state index in [-0.39, 0.29) is 9.79 Å². The van der Waals surface area contributed by atoms with Crippen LogP contribution >= 0.6 is 0 Å². The number of allylic oxidation sites excluding steroid dienone is 1. The first kappa shape index (κ1) is 17.7.